The van der Waals surface area contributed by atoms with Crippen LogP contribution in [0.15, 0.2) is 30.3 Å². The smallest absolute Gasteiger partial charge is 0.328 e. The number of rotatable bonds is 5. The molecule has 112 valence electrons. The average molecular weight is 305 g/mol. The first-order chi connectivity index (χ1) is 10.1. The molecule has 2 rings (SSSR count). The van der Waals surface area contributed by atoms with Gasteiger partial charge in [-0.05, 0) is 42.4 Å². The number of carbonyl (C=O) groups is 2. The fourth-order valence-electron chi connectivity index (χ4n) is 2.26. The van der Waals surface area contributed by atoms with E-state index in [9.17, 15) is 9.59 Å². The Morgan fingerprint density at radius 3 is 2.95 bits per heavy atom. The molecule has 1 fully saturated rings. The number of thioether (sulfide) groups is 1. The monoisotopic (exact) mass is 305 g/mol. The van der Waals surface area contributed by atoms with Gasteiger partial charge in [-0.25, -0.2) is 4.79 Å². The minimum absolute atomic E-state index is 0.0821. The second-order valence-electron chi connectivity index (χ2n) is 5.13. The van der Waals surface area contributed by atoms with Crippen LogP contribution in [-0.2, 0) is 9.59 Å². The fourth-order valence-corrected chi connectivity index (χ4v) is 3.48. The minimum Gasteiger partial charge on any atom is -0.478 e. The highest BCUT2D eigenvalue weighted by atomic mass is 32.2. The van der Waals surface area contributed by atoms with Crippen LogP contribution in [0, 0.1) is 5.92 Å². The predicted octanol–water partition coefficient (Wildman–Crippen LogP) is 2.71. The molecule has 0 aromatic heterocycles. The Morgan fingerprint density at radius 2 is 2.29 bits per heavy atom. The number of carbonyl (C=O) groups excluding carboxylic acids is 1. The standard InChI is InChI=1S/C16H19NO3S/c1-11(17-16(20)14-7-8-21-10-14)13-4-2-3-12(9-13)5-6-15(18)19/h2-6,9,11,14H,7-8,10H2,1H3,(H,17,20)(H,18,19). The van der Waals surface area contributed by atoms with Crippen LogP contribution in [0.4, 0.5) is 0 Å². The molecular formula is C16H19NO3S. The van der Waals surface area contributed by atoms with Crippen molar-refractivity contribution in [3.63, 3.8) is 0 Å². The minimum atomic E-state index is -0.972. The van der Waals surface area contributed by atoms with Gasteiger partial charge in [0.1, 0.15) is 0 Å². The summed E-state index contributed by atoms with van der Waals surface area (Å²) in [6, 6.07) is 7.46. The van der Waals surface area contributed by atoms with Crippen molar-refractivity contribution in [2.75, 3.05) is 11.5 Å². The number of hydrogen-bond acceptors (Lipinski definition) is 3. The van der Waals surface area contributed by atoms with Gasteiger partial charge in [-0.2, -0.15) is 11.8 Å². The second kappa shape index (κ2) is 7.31. The van der Waals surface area contributed by atoms with Gasteiger partial charge in [0.2, 0.25) is 5.91 Å². The Hall–Kier alpha value is -1.75. The van der Waals surface area contributed by atoms with Crippen LogP contribution < -0.4 is 5.32 Å². The molecule has 2 atom stereocenters. The molecule has 0 saturated carbocycles. The molecule has 0 aliphatic carbocycles. The van der Waals surface area contributed by atoms with Crippen LogP contribution in [0.25, 0.3) is 6.08 Å². The van der Waals surface area contributed by atoms with Crippen molar-refractivity contribution in [3.8, 4) is 0 Å². The van der Waals surface area contributed by atoms with Crippen LogP contribution in [0.2, 0.25) is 0 Å². The van der Waals surface area contributed by atoms with Crippen molar-refractivity contribution in [2.45, 2.75) is 19.4 Å². The van der Waals surface area contributed by atoms with Gasteiger partial charge >= 0.3 is 5.97 Å². The zero-order valence-corrected chi connectivity index (χ0v) is 12.7. The van der Waals surface area contributed by atoms with Crippen LogP contribution in [0.5, 0.6) is 0 Å². The molecule has 1 aliphatic rings. The molecule has 1 aromatic carbocycles. The first-order valence-corrected chi connectivity index (χ1v) is 8.11. The number of amides is 1. The molecule has 1 aliphatic heterocycles. The van der Waals surface area contributed by atoms with E-state index in [1.54, 1.807) is 6.08 Å². The maximum Gasteiger partial charge on any atom is 0.328 e. The van der Waals surface area contributed by atoms with Crippen molar-refractivity contribution >= 4 is 29.7 Å². The van der Waals surface area contributed by atoms with Gasteiger partial charge in [0.15, 0.2) is 0 Å². The second-order valence-corrected chi connectivity index (χ2v) is 6.28. The Balaban J connectivity index is 2.01. The number of benzene rings is 1. The molecule has 2 N–H and O–H groups in total. The highest BCUT2D eigenvalue weighted by Crippen LogP contribution is 2.24. The van der Waals surface area contributed by atoms with Crippen molar-refractivity contribution in [2.24, 2.45) is 5.92 Å². The van der Waals surface area contributed by atoms with Gasteiger partial charge in [0, 0.05) is 17.7 Å². The van der Waals surface area contributed by atoms with E-state index in [0.717, 1.165) is 35.1 Å². The summed E-state index contributed by atoms with van der Waals surface area (Å²) >= 11 is 1.82. The first-order valence-electron chi connectivity index (χ1n) is 6.95. The molecule has 1 aromatic rings. The highest BCUT2D eigenvalue weighted by molar-refractivity contribution is 7.99. The topological polar surface area (TPSA) is 66.4 Å². The predicted molar refractivity (Wildman–Crippen MR) is 85.1 cm³/mol. The van der Waals surface area contributed by atoms with Gasteiger partial charge < -0.3 is 10.4 Å². The molecule has 1 heterocycles. The Bertz CT molecular complexity index is 550. The molecule has 2 unspecified atom stereocenters. The average Bonchev–Trinajstić information content (AvgIpc) is 2.99. The summed E-state index contributed by atoms with van der Waals surface area (Å²) in [5.74, 6) is 1.22. The number of nitrogens with one attached hydrogen (secondary N) is 1. The fraction of sp³-hybridized carbons (Fsp3) is 0.375. The summed E-state index contributed by atoms with van der Waals surface area (Å²) < 4.78 is 0. The lowest BCUT2D eigenvalue weighted by Gasteiger charge is -2.17. The molecular weight excluding hydrogens is 286 g/mol. The Morgan fingerprint density at radius 1 is 1.48 bits per heavy atom. The van der Waals surface area contributed by atoms with E-state index < -0.39 is 5.97 Å². The van der Waals surface area contributed by atoms with Gasteiger partial charge in [0.05, 0.1) is 6.04 Å². The van der Waals surface area contributed by atoms with Crippen molar-refractivity contribution < 1.29 is 14.7 Å². The summed E-state index contributed by atoms with van der Waals surface area (Å²) in [6.07, 6.45) is 3.61. The van der Waals surface area contributed by atoms with Crippen LogP contribution in [0.1, 0.15) is 30.5 Å². The van der Waals surface area contributed by atoms with E-state index in [1.165, 1.54) is 0 Å². The Labute approximate surface area is 128 Å². The van der Waals surface area contributed by atoms with E-state index in [-0.39, 0.29) is 17.9 Å². The maximum atomic E-state index is 12.1. The van der Waals surface area contributed by atoms with Gasteiger partial charge in [-0.3, -0.25) is 4.79 Å². The third-order valence-corrected chi connectivity index (χ3v) is 4.65. The van der Waals surface area contributed by atoms with Gasteiger partial charge in [0.25, 0.3) is 0 Å². The van der Waals surface area contributed by atoms with Crippen LogP contribution >= 0.6 is 11.8 Å². The normalized spacial score (nSPS) is 19.6. The number of aliphatic carboxylic acids is 1. The molecule has 0 bridgehead atoms. The molecule has 21 heavy (non-hydrogen) atoms. The van der Waals surface area contributed by atoms with Gasteiger partial charge in [-0.15, -0.1) is 0 Å². The molecule has 4 nitrogen and oxygen atoms in total. The van der Waals surface area contributed by atoms with Crippen molar-refractivity contribution in [3.05, 3.63) is 41.5 Å². The van der Waals surface area contributed by atoms with Crippen molar-refractivity contribution in [1.29, 1.82) is 0 Å². The van der Waals surface area contributed by atoms with E-state index in [4.69, 9.17) is 5.11 Å². The molecule has 1 saturated heterocycles. The van der Waals surface area contributed by atoms with Crippen LogP contribution in [0.3, 0.4) is 0 Å². The number of carboxylic acids is 1. The lowest BCUT2D eigenvalue weighted by Crippen LogP contribution is -2.32. The summed E-state index contributed by atoms with van der Waals surface area (Å²) in [6.45, 7) is 1.94. The lowest BCUT2D eigenvalue weighted by molar-refractivity contribution is -0.131. The van der Waals surface area contributed by atoms with Crippen molar-refractivity contribution in [1.82, 2.24) is 5.32 Å². The number of hydrogen-bond donors (Lipinski definition) is 2. The van der Waals surface area contributed by atoms with E-state index >= 15 is 0 Å². The van der Waals surface area contributed by atoms with Crippen LogP contribution in [-0.4, -0.2) is 28.5 Å². The molecule has 1 amide bonds. The highest BCUT2D eigenvalue weighted by Gasteiger charge is 2.24. The number of carboxylic acid groups (broad SMARTS) is 1. The maximum absolute atomic E-state index is 12.1. The summed E-state index contributed by atoms with van der Waals surface area (Å²) in [7, 11) is 0. The van der Waals surface area contributed by atoms with E-state index in [0.29, 0.717) is 0 Å². The third-order valence-electron chi connectivity index (χ3n) is 3.49. The lowest BCUT2D eigenvalue weighted by atomic mass is 10.0. The zero-order chi connectivity index (χ0) is 15.2. The zero-order valence-electron chi connectivity index (χ0n) is 11.9. The van der Waals surface area contributed by atoms with E-state index in [1.807, 2.05) is 43.0 Å². The Kier molecular flexibility index (Phi) is 5.44. The van der Waals surface area contributed by atoms with Gasteiger partial charge in [-0.1, -0.05) is 18.2 Å². The SMILES string of the molecule is CC(NC(=O)C1CCSC1)c1cccc(C=CC(=O)O)c1. The molecule has 5 heteroatoms. The summed E-state index contributed by atoms with van der Waals surface area (Å²) in [4.78, 5) is 22.7. The first kappa shape index (κ1) is 15.6. The molecule has 0 spiro atoms. The molecule has 0 radical (unpaired) electrons. The van der Waals surface area contributed by atoms with E-state index in [2.05, 4.69) is 5.32 Å². The third kappa shape index (κ3) is 4.63. The quantitative estimate of drug-likeness (QED) is 0.821. The largest absolute Gasteiger partial charge is 0.478 e. The summed E-state index contributed by atoms with van der Waals surface area (Å²) in [5.41, 5.74) is 1.79. The summed E-state index contributed by atoms with van der Waals surface area (Å²) in [5, 5.41) is 11.7.